The predicted octanol–water partition coefficient (Wildman–Crippen LogP) is 9.66. The molecule has 0 spiro atoms. The van der Waals surface area contributed by atoms with Gasteiger partial charge in [0.05, 0.1) is 23.4 Å². The van der Waals surface area contributed by atoms with Crippen molar-refractivity contribution < 1.29 is 19.4 Å². The molecule has 0 atom stereocenters. The van der Waals surface area contributed by atoms with E-state index < -0.39 is 5.91 Å². The first kappa shape index (κ1) is 32.8. The molecular formula is C38H46N4O4. The van der Waals surface area contributed by atoms with Crippen LogP contribution < -0.4 is 14.8 Å². The fraction of sp³-hybridized carbons (Fsp3) is 0.395. The summed E-state index contributed by atoms with van der Waals surface area (Å²) in [5, 5.41) is 23.7. The lowest BCUT2D eigenvalue weighted by molar-refractivity contribution is 0.102. The SMILES string of the molecule is CCCCCCCCCCCCCCOc1ccccc1NC(=O)c1cc(OCn2nnc3ccccc32)c2ccccc2c1O. The highest BCUT2D eigenvalue weighted by atomic mass is 16.5. The van der Waals surface area contributed by atoms with Crippen LogP contribution in [-0.2, 0) is 6.73 Å². The zero-order chi connectivity index (χ0) is 32.0. The Kier molecular flexibility index (Phi) is 12.3. The van der Waals surface area contributed by atoms with Crippen LogP contribution in [0, 0.1) is 0 Å². The number of nitrogens with zero attached hydrogens (tertiary/aromatic N) is 3. The summed E-state index contributed by atoms with van der Waals surface area (Å²) >= 11 is 0. The molecule has 0 saturated heterocycles. The number of amides is 1. The van der Waals surface area contributed by atoms with Crippen LogP contribution in [0.25, 0.3) is 21.8 Å². The zero-order valence-corrected chi connectivity index (χ0v) is 26.9. The number of carbonyl (C=O) groups excluding carboxylic acids is 1. The van der Waals surface area contributed by atoms with Gasteiger partial charge in [-0.15, -0.1) is 5.10 Å². The Hall–Kier alpha value is -4.59. The lowest BCUT2D eigenvalue weighted by atomic mass is 10.0. The standard InChI is InChI=1S/C38H46N4O4/c1-2-3-4-5-6-7-8-9-10-11-12-19-26-45-35-25-18-16-23-33(35)39-38(44)31-27-36(29-20-13-14-21-30(29)37(31)43)46-28-42-34-24-17-15-22-32(34)40-41-42/h13-18,20-25,27,43H,2-12,19,26,28H2,1H3,(H,39,44). The van der Waals surface area contributed by atoms with E-state index in [0.717, 1.165) is 23.9 Å². The predicted molar refractivity (Wildman–Crippen MR) is 185 cm³/mol. The van der Waals surface area contributed by atoms with Gasteiger partial charge in [0.15, 0.2) is 6.73 Å². The summed E-state index contributed by atoms with van der Waals surface area (Å²) in [6.45, 7) is 2.94. The largest absolute Gasteiger partial charge is 0.506 e. The Morgan fingerprint density at radius 2 is 1.37 bits per heavy atom. The van der Waals surface area contributed by atoms with Crippen LogP contribution in [0.15, 0.2) is 78.9 Å². The van der Waals surface area contributed by atoms with Crippen LogP contribution in [0.5, 0.6) is 17.2 Å². The maximum Gasteiger partial charge on any atom is 0.259 e. The van der Waals surface area contributed by atoms with Crippen molar-refractivity contribution >= 4 is 33.4 Å². The van der Waals surface area contributed by atoms with Crippen LogP contribution in [0.4, 0.5) is 5.69 Å². The number of carbonyl (C=O) groups is 1. The molecule has 0 aliphatic carbocycles. The van der Waals surface area contributed by atoms with Gasteiger partial charge >= 0.3 is 0 Å². The molecule has 0 aliphatic heterocycles. The molecule has 242 valence electrons. The average Bonchev–Trinajstić information content (AvgIpc) is 3.50. The molecule has 0 fully saturated rings. The lowest BCUT2D eigenvalue weighted by Gasteiger charge is -2.16. The van der Waals surface area contributed by atoms with Crippen molar-refractivity contribution in [1.82, 2.24) is 15.0 Å². The van der Waals surface area contributed by atoms with Crippen LogP contribution in [0.3, 0.4) is 0 Å². The van der Waals surface area contributed by atoms with Gasteiger partial charge in [-0.25, -0.2) is 4.68 Å². The van der Waals surface area contributed by atoms with Gasteiger partial charge in [-0.3, -0.25) is 4.79 Å². The first-order chi connectivity index (χ1) is 22.7. The summed E-state index contributed by atoms with van der Waals surface area (Å²) < 4.78 is 13.9. The smallest absolute Gasteiger partial charge is 0.259 e. The molecule has 4 aromatic carbocycles. The summed E-state index contributed by atoms with van der Waals surface area (Å²) in [7, 11) is 0. The number of unbranched alkanes of at least 4 members (excludes halogenated alkanes) is 11. The normalized spacial score (nSPS) is 11.2. The van der Waals surface area contributed by atoms with Crippen molar-refractivity contribution in [2.24, 2.45) is 0 Å². The van der Waals surface area contributed by atoms with Gasteiger partial charge in [0.25, 0.3) is 5.91 Å². The molecule has 46 heavy (non-hydrogen) atoms. The summed E-state index contributed by atoms with van der Waals surface area (Å²) in [5.41, 5.74) is 2.26. The van der Waals surface area contributed by atoms with E-state index in [0.29, 0.717) is 34.6 Å². The number of benzene rings is 4. The molecule has 0 aliphatic rings. The number of hydrogen-bond acceptors (Lipinski definition) is 6. The van der Waals surface area contributed by atoms with Crippen molar-refractivity contribution in [1.29, 1.82) is 0 Å². The maximum atomic E-state index is 13.6. The second-order valence-electron chi connectivity index (χ2n) is 11.9. The number of nitrogens with one attached hydrogen (secondary N) is 1. The number of rotatable bonds is 19. The van der Waals surface area contributed by atoms with E-state index >= 15 is 0 Å². The first-order valence-corrected chi connectivity index (χ1v) is 16.8. The number of ether oxygens (including phenoxy) is 2. The second-order valence-corrected chi connectivity index (χ2v) is 11.9. The minimum atomic E-state index is -0.458. The average molecular weight is 623 g/mol. The molecule has 1 heterocycles. The molecule has 0 saturated carbocycles. The van der Waals surface area contributed by atoms with E-state index in [1.54, 1.807) is 22.9 Å². The molecule has 5 aromatic rings. The molecular weight excluding hydrogens is 576 g/mol. The quantitative estimate of drug-likeness (QED) is 0.0890. The number of hydrogen-bond donors (Lipinski definition) is 2. The molecule has 0 bridgehead atoms. The summed E-state index contributed by atoms with van der Waals surface area (Å²) in [6.07, 6.45) is 15.4. The Morgan fingerprint density at radius 3 is 2.13 bits per heavy atom. The molecule has 0 unspecified atom stereocenters. The minimum Gasteiger partial charge on any atom is -0.506 e. The van der Waals surface area contributed by atoms with E-state index in [2.05, 4.69) is 22.6 Å². The van der Waals surface area contributed by atoms with E-state index in [-0.39, 0.29) is 18.0 Å². The topological polar surface area (TPSA) is 98.5 Å². The van der Waals surface area contributed by atoms with E-state index in [9.17, 15) is 9.90 Å². The van der Waals surface area contributed by atoms with E-state index in [4.69, 9.17) is 9.47 Å². The van der Waals surface area contributed by atoms with Crippen molar-refractivity contribution in [2.45, 2.75) is 90.7 Å². The molecule has 0 radical (unpaired) electrons. The summed E-state index contributed by atoms with van der Waals surface area (Å²) in [4.78, 5) is 13.6. The third-order valence-electron chi connectivity index (χ3n) is 8.38. The van der Waals surface area contributed by atoms with Crippen molar-refractivity contribution in [3.05, 3.63) is 84.4 Å². The second kappa shape index (κ2) is 17.2. The first-order valence-electron chi connectivity index (χ1n) is 16.8. The number of fused-ring (bicyclic) bond motifs is 2. The highest BCUT2D eigenvalue weighted by Gasteiger charge is 2.20. The fourth-order valence-electron chi connectivity index (χ4n) is 5.77. The van der Waals surface area contributed by atoms with Gasteiger partial charge < -0.3 is 19.9 Å². The Labute approximate surface area is 271 Å². The third kappa shape index (κ3) is 8.77. The van der Waals surface area contributed by atoms with Crippen LogP contribution in [0.1, 0.15) is 94.3 Å². The van der Waals surface area contributed by atoms with Crippen LogP contribution in [0.2, 0.25) is 0 Å². The molecule has 8 nitrogen and oxygen atoms in total. The Balaban J connectivity index is 1.15. The van der Waals surface area contributed by atoms with Gasteiger partial charge in [0.2, 0.25) is 0 Å². The van der Waals surface area contributed by atoms with Crippen molar-refractivity contribution in [2.75, 3.05) is 11.9 Å². The summed E-state index contributed by atoms with van der Waals surface area (Å²) in [6, 6.07) is 23.9. The van der Waals surface area contributed by atoms with Gasteiger partial charge in [0, 0.05) is 10.8 Å². The van der Waals surface area contributed by atoms with Gasteiger partial charge in [-0.2, -0.15) is 0 Å². The number of anilines is 1. The number of phenols is 1. The third-order valence-corrected chi connectivity index (χ3v) is 8.38. The number of para-hydroxylation sites is 3. The molecule has 5 rings (SSSR count). The maximum absolute atomic E-state index is 13.6. The van der Waals surface area contributed by atoms with Gasteiger partial charge in [-0.1, -0.05) is 131 Å². The summed E-state index contributed by atoms with van der Waals surface area (Å²) in [5.74, 6) is 0.491. The van der Waals surface area contributed by atoms with E-state index in [1.165, 1.54) is 64.2 Å². The monoisotopic (exact) mass is 622 g/mol. The van der Waals surface area contributed by atoms with Crippen LogP contribution in [-0.4, -0.2) is 32.6 Å². The highest BCUT2D eigenvalue weighted by Crippen LogP contribution is 2.37. The van der Waals surface area contributed by atoms with Gasteiger partial charge in [-0.05, 0) is 36.8 Å². The Morgan fingerprint density at radius 1 is 0.739 bits per heavy atom. The van der Waals surface area contributed by atoms with Crippen molar-refractivity contribution in [3.63, 3.8) is 0 Å². The fourth-order valence-corrected chi connectivity index (χ4v) is 5.77. The van der Waals surface area contributed by atoms with Crippen molar-refractivity contribution in [3.8, 4) is 17.2 Å². The highest BCUT2D eigenvalue weighted by molar-refractivity contribution is 6.11. The minimum absolute atomic E-state index is 0.0894. The molecule has 1 amide bonds. The van der Waals surface area contributed by atoms with Crippen LogP contribution >= 0.6 is 0 Å². The molecule has 8 heteroatoms. The Bertz CT molecular complexity index is 1700. The molecule has 2 N–H and O–H groups in total. The van der Waals surface area contributed by atoms with Gasteiger partial charge in [0.1, 0.15) is 22.8 Å². The zero-order valence-electron chi connectivity index (χ0n) is 26.9. The van der Waals surface area contributed by atoms with E-state index in [1.807, 2.05) is 60.7 Å². The number of aromatic hydroxyl groups is 1. The number of phenolic OH excluding ortho intramolecular Hbond substituents is 1. The molecule has 1 aromatic heterocycles. The number of aromatic nitrogens is 3. The lowest BCUT2D eigenvalue weighted by Crippen LogP contribution is -2.14.